The first kappa shape index (κ1) is 15.9. The van der Waals surface area contributed by atoms with Crippen LogP contribution in [0.25, 0.3) is 10.2 Å². The van der Waals surface area contributed by atoms with Crippen molar-refractivity contribution in [2.75, 3.05) is 44.3 Å². The molecule has 23 heavy (non-hydrogen) atoms. The van der Waals surface area contributed by atoms with E-state index in [4.69, 9.17) is 14.5 Å². The van der Waals surface area contributed by atoms with Crippen molar-refractivity contribution in [3.63, 3.8) is 0 Å². The van der Waals surface area contributed by atoms with Crippen LogP contribution in [-0.4, -0.2) is 55.4 Å². The lowest BCUT2D eigenvalue weighted by atomic mass is 10.3. The Bertz CT molecular complexity index is 680. The molecule has 2 aromatic rings. The van der Waals surface area contributed by atoms with E-state index in [2.05, 4.69) is 4.90 Å². The molecule has 0 unspecified atom stereocenters. The lowest BCUT2D eigenvalue weighted by Crippen LogP contribution is -2.48. The van der Waals surface area contributed by atoms with E-state index in [0.717, 1.165) is 34.2 Å². The van der Waals surface area contributed by atoms with Gasteiger partial charge in [-0.15, -0.1) is 0 Å². The van der Waals surface area contributed by atoms with Gasteiger partial charge in [-0.3, -0.25) is 0 Å². The average Bonchev–Trinajstić information content (AvgIpc) is 2.99. The summed E-state index contributed by atoms with van der Waals surface area (Å²) in [5, 5.41) is 0.997. The maximum absolute atomic E-state index is 11.7. The zero-order valence-corrected chi connectivity index (χ0v) is 14.3. The number of rotatable bonds is 4. The second-order valence-corrected chi connectivity index (χ2v) is 6.24. The Morgan fingerprint density at radius 2 is 2.00 bits per heavy atom. The number of piperazine rings is 1. The molecule has 0 bridgehead atoms. The molecule has 6 nitrogen and oxygen atoms in total. The minimum atomic E-state index is -0.224. The molecule has 2 heterocycles. The van der Waals surface area contributed by atoms with E-state index in [1.165, 1.54) is 0 Å². The number of hydrogen-bond acceptors (Lipinski definition) is 6. The number of hydrogen-bond donors (Lipinski definition) is 0. The first-order chi connectivity index (χ1) is 11.2. The Labute approximate surface area is 139 Å². The molecule has 0 atom stereocenters. The van der Waals surface area contributed by atoms with Gasteiger partial charge in [0, 0.05) is 26.2 Å². The number of benzene rings is 1. The molecule has 124 valence electrons. The highest BCUT2D eigenvalue weighted by atomic mass is 32.1. The summed E-state index contributed by atoms with van der Waals surface area (Å²) >= 11 is 1.66. The van der Waals surface area contributed by atoms with Gasteiger partial charge in [0.15, 0.2) is 5.13 Å². The molecule has 1 aromatic carbocycles. The smallest absolute Gasteiger partial charge is 0.409 e. The van der Waals surface area contributed by atoms with Gasteiger partial charge in [-0.05, 0) is 32.0 Å². The van der Waals surface area contributed by atoms with Crippen molar-refractivity contribution in [3.8, 4) is 5.75 Å². The maximum atomic E-state index is 11.7. The number of aromatic nitrogens is 1. The predicted molar refractivity (Wildman–Crippen MR) is 91.6 cm³/mol. The highest BCUT2D eigenvalue weighted by molar-refractivity contribution is 7.22. The highest BCUT2D eigenvalue weighted by Crippen LogP contribution is 2.31. The van der Waals surface area contributed by atoms with Crippen molar-refractivity contribution in [2.24, 2.45) is 0 Å². The number of carbonyl (C=O) groups is 1. The summed E-state index contributed by atoms with van der Waals surface area (Å²) in [4.78, 5) is 20.4. The zero-order valence-electron chi connectivity index (χ0n) is 13.4. The average molecular weight is 335 g/mol. The van der Waals surface area contributed by atoms with Crippen molar-refractivity contribution < 1.29 is 14.3 Å². The van der Waals surface area contributed by atoms with Gasteiger partial charge in [0.25, 0.3) is 0 Å². The summed E-state index contributed by atoms with van der Waals surface area (Å²) in [7, 11) is 0. The van der Waals surface area contributed by atoms with E-state index >= 15 is 0 Å². The van der Waals surface area contributed by atoms with Crippen LogP contribution in [0.15, 0.2) is 18.2 Å². The van der Waals surface area contributed by atoms with Crippen LogP contribution in [0.3, 0.4) is 0 Å². The van der Waals surface area contributed by atoms with E-state index in [1.54, 1.807) is 16.2 Å². The third-order valence-corrected chi connectivity index (χ3v) is 4.81. The molecule has 1 amide bonds. The molecule has 7 heteroatoms. The van der Waals surface area contributed by atoms with E-state index in [-0.39, 0.29) is 6.09 Å². The lowest BCUT2D eigenvalue weighted by molar-refractivity contribution is 0.105. The Hall–Kier alpha value is -2.02. The normalized spacial score (nSPS) is 15.0. The van der Waals surface area contributed by atoms with E-state index < -0.39 is 0 Å². The summed E-state index contributed by atoms with van der Waals surface area (Å²) in [6, 6.07) is 5.98. The SMILES string of the molecule is CCOC(=O)N1CCN(c2nc3ccc(OCC)cc3s2)CC1. The molecule has 0 saturated carbocycles. The first-order valence-electron chi connectivity index (χ1n) is 7.91. The van der Waals surface area contributed by atoms with Gasteiger partial charge in [-0.25, -0.2) is 9.78 Å². The summed E-state index contributed by atoms with van der Waals surface area (Å²) in [5.41, 5.74) is 0.987. The number of nitrogens with zero attached hydrogens (tertiary/aromatic N) is 3. The van der Waals surface area contributed by atoms with E-state index in [0.29, 0.717) is 26.3 Å². The van der Waals surface area contributed by atoms with Crippen LogP contribution in [0.2, 0.25) is 0 Å². The topological polar surface area (TPSA) is 54.9 Å². The molecule has 1 saturated heterocycles. The molecule has 0 aliphatic carbocycles. The second kappa shape index (κ2) is 7.04. The number of thiazole rings is 1. The summed E-state index contributed by atoms with van der Waals surface area (Å²) in [6.07, 6.45) is -0.224. The van der Waals surface area contributed by atoms with Crippen LogP contribution in [0.1, 0.15) is 13.8 Å². The van der Waals surface area contributed by atoms with Crippen molar-refractivity contribution in [1.82, 2.24) is 9.88 Å². The van der Waals surface area contributed by atoms with Crippen LogP contribution >= 0.6 is 11.3 Å². The minimum Gasteiger partial charge on any atom is -0.494 e. The van der Waals surface area contributed by atoms with Crippen LogP contribution in [-0.2, 0) is 4.74 Å². The third kappa shape index (κ3) is 3.50. The lowest BCUT2D eigenvalue weighted by Gasteiger charge is -2.33. The molecule has 1 aliphatic rings. The van der Waals surface area contributed by atoms with Crippen LogP contribution in [0, 0.1) is 0 Å². The molecule has 0 spiro atoms. The number of fused-ring (bicyclic) bond motifs is 1. The summed E-state index contributed by atoms with van der Waals surface area (Å²) < 4.78 is 11.7. The molecule has 1 aliphatic heterocycles. The maximum Gasteiger partial charge on any atom is 0.409 e. The minimum absolute atomic E-state index is 0.224. The third-order valence-electron chi connectivity index (χ3n) is 3.74. The van der Waals surface area contributed by atoms with E-state index in [1.807, 2.05) is 32.0 Å². The zero-order chi connectivity index (χ0) is 16.2. The van der Waals surface area contributed by atoms with Gasteiger partial charge < -0.3 is 19.3 Å². The molecule has 0 N–H and O–H groups in total. The monoisotopic (exact) mass is 335 g/mol. The summed E-state index contributed by atoms with van der Waals surface area (Å²) in [5.74, 6) is 0.877. The van der Waals surface area contributed by atoms with Gasteiger partial charge >= 0.3 is 6.09 Å². The molecule has 1 aromatic heterocycles. The van der Waals surface area contributed by atoms with Crippen molar-refractivity contribution >= 4 is 32.8 Å². The van der Waals surface area contributed by atoms with Crippen LogP contribution < -0.4 is 9.64 Å². The van der Waals surface area contributed by atoms with E-state index in [9.17, 15) is 4.79 Å². The highest BCUT2D eigenvalue weighted by Gasteiger charge is 2.23. The molecule has 1 fully saturated rings. The number of ether oxygens (including phenoxy) is 2. The fourth-order valence-corrected chi connectivity index (χ4v) is 3.63. The van der Waals surface area contributed by atoms with Crippen molar-refractivity contribution in [3.05, 3.63) is 18.2 Å². The Morgan fingerprint density at radius 1 is 1.22 bits per heavy atom. The Morgan fingerprint density at radius 3 is 2.70 bits per heavy atom. The number of anilines is 1. The number of carbonyl (C=O) groups excluding carboxylic acids is 1. The number of amides is 1. The summed E-state index contributed by atoms with van der Waals surface area (Å²) in [6.45, 7) is 7.76. The standard InChI is InChI=1S/C16H21N3O3S/c1-3-21-12-5-6-13-14(11-12)23-15(17-13)18-7-9-19(10-8-18)16(20)22-4-2/h5-6,11H,3-4,7-10H2,1-2H3. The van der Waals surface area contributed by atoms with Gasteiger partial charge in [-0.2, -0.15) is 0 Å². The van der Waals surface area contributed by atoms with Gasteiger partial charge in [0.1, 0.15) is 5.75 Å². The molecular formula is C16H21N3O3S. The first-order valence-corrected chi connectivity index (χ1v) is 8.73. The molecule has 3 rings (SSSR count). The van der Waals surface area contributed by atoms with Gasteiger partial charge in [0.05, 0.1) is 23.4 Å². The molecular weight excluding hydrogens is 314 g/mol. The van der Waals surface area contributed by atoms with Crippen LogP contribution in [0.5, 0.6) is 5.75 Å². The van der Waals surface area contributed by atoms with Crippen molar-refractivity contribution in [2.45, 2.75) is 13.8 Å². The Kier molecular flexibility index (Phi) is 4.85. The largest absolute Gasteiger partial charge is 0.494 e. The molecule has 0 radical (unpaired) electrons. The predicted octanol–water partition coefficient (Wildman–Crippen LogP) is 2.97. The van der Waals surface area contributed by atoms with Crippen molar-refractivity contribution in [1.29, 1.82) is 0 Å². The van der Waals surface area contributed by atoms with Crippen LogP contribution in [0.4, 0.5) is 9.93 Å². The quantitative estimate of drug-likeness (QED) is 0.860. The fraction of sp³-hybridized carbons (Fsp3) is 0.500. The fourth-order valence-electron chi connectivity index (χ4n) is 2.58. The van der Waals surface area contributed by atoms with Gasteiger partial charge in [-0.1, -0.05) is 11.3 Å². The second-order valence-electron chi connectivity index (χ2n) is 5.23. The van der Waals surface area contributed by atoms with Gasteiger partial charge in [0.2, 0.25) is 0 Å². The Balaban J connectivity index is 1.68.